The van der Waals surface area contributed by atoms with Gasteiger partial charge in [-0.2, -0.15) is 5.06 Å². The Hall–Kier alpha value is -1.18. The summed E-state index contributed by atoms with van der Waals surface area (Å²) in [5.41, 5.74) is 0. The number of amides is 1. The molecule has 0 spiro atoms. The van der Waals surface area contributed by atoms with Gasteiger partial charge in [-0.05, 0) is 19.9 Å². The molecule has 7 heteroatoms. The summed E-state index contributed by atoms with van der Waals surface area (Å²) < 4.78 is 4.76. The Kier molecular flexibility index (Phi) is 5.33. The number of carbonyl (C=O) groups is 2. The van der Waals surface area contributed by atoms with Crippen molar-refractivity contribution < 1.29 is 19.2 Å². The summed E-state index contributed by atoms with van der Waals surface area (Å²) in [4.78, 5) is 30.7. The number of hydrogen-bond acceptors (Lipinski definition) is 6. The van der Waals surface area contributed by atoms with Crippen molar-refractivity contribution >= 4 is 11.9 Å². The summed E-state index contributed by atoms with van der Waals surface area (Å²) in [5.74, 6) is -0.237. The van der Waals surface area contributed by atoms with Crippen LogP contribution in [0.15, 0.2) is 0 Å². The first-order valence-corrected chi connectivity index (χ1v) is 7.05. The van der Waals surface area contributed by atoms with Crippen molar-refractivity contribution in [1.29, 1.82) is 0 Å². The Labute approximate surface area is 119 Å². The van der Waals surface area contributed by atoms with Gasteiger partial charge in [0.05, 0.1) is 13.7 Å². The molecule has 0 aromatic carbocycles. The van der Waals surface area contributed by atoms with Gasteiger partial charge >= 0.3 is 5.97 Å². The summed E-state index contributed by atoms with van der Waals surface area (Å²) in [6.07, 6.45) is 2.05. The van der Waals surface area contributed by atoms with Gasteiger partial charge in [-0.3, -0.25) is 19.3 Å². The highest BCUT2D eigenvalue weighted by molar-refractivity contribution is 5.78. The highest BCUT2D eigenvalue weighted by Gasteiger charge is 2.35. The quantitative estimate of drug-likeness (QED) is 0.679. The van der Waals surface area contributed by atoms with Crippen molar-refractivity contribution in [3.05, 3.63) is 0 Å². The predicted octanol–water partition coefficient (Wildman–Crippen LogP) is -0.624. The fourth-order valence-corrected chi connectivity index (χ4v) is 2.72. The number of esters is 1. The van der Waals surface area contributed by atoms with Gasteiger partial charge in [0, 0.05) is 32.1 Å². The average molecular weight is 285 g/mol. The number of nitrogens with one attached hydrogen (secondary N) is 1. The maximum absolute atomic E-state index is 11.9. The summed E-state index contributed by atoms with van der Waals surface area (Å²) >= 11 is 0. The number of methoxy groups -OCH3 is 1. The standard InChI is InChI=1S/C13H23N3O4/c1-15-9-10(8-11(15)13(18)19-2)14-12(17)4-6-16-5-3-7-20-16/h10-11H,3-9H2,1-2H3,(H,14,17)/t10-,11+/m1/s1. The van der Waals surface area contributed by atoms with Gasteiger partial charge in [-0.25, -0.2) is 0 Å². The third-order valence-corrected chi connectivity index (χ3v) is 3.80. The number of ether oxygens (including phenoxy) is 1. The van der Waals surface area contributed by atoms with E-state index in [0.717, 1.165) is 19.6 Å². The lowest BCUT2D eigenvalue weighted by molar-refractivity contribution is -0.145. The molecule has 2 aliphatic heterocycles. The molecule has 0 aromatic heterocycles. The van der Waals surface area contributed by atoms with Gasteiger partial charge in [0.25, 0.3) is 0 Å². The molecule has 1 amide bonds. The molecule has 2 heterocycles. The van der Waals surface area contributed by atoms with Crippen molar-refractivity contribution in [3.63, 3.8) is 0 Å². The zero-order valence-corrected chi connectivity index (χ0v) is 12.1. The minimum Gasteiger partial charge on any atom is -0.468 e. The van der Waals surface area contributed by atoms with Crippen LogP contribution in [0.2, 0.25) is 0 Å². The normalized spacial score (nSPS) is 27.7. The van der Waals surface area contributed by atoms with Crippen LogP contribution >= 0.6 is 0 Å². The van der Waals surface area contributed by atoms with Crippen LogP contribution in [0.25, 0.3) is 0 Å². The van der Waals surface area contributed by atoms with Gasteiger partial charge in [0.15, 0.2) is 0 Å². The van der Waals surface area contributed by atoms with Gasteiger partial charge in [0.1, 0.15) is 6.04 Å². The van der Waals surface area contributed by atoms with Gasteiger partial charge in [0.2, 0.25) is 5.91 Å². The minimum atomic E-state index is -0.257. The molecule has 7 nitrogen and oxygen atoms in total. The SMILES string of the molecule is COC(=O)[C@@H]1C[C@@H](NC(=O)CCN2CCCO2)CN1C. The number of nitrogens with zero attached hydrogens (tertiary/aromatic N) is 2. The Morgan fingerprint density at radius 2 is 2.25 bits per heavy atom. The van der Waals surface area contributed by atoms with Gasteiger partial charge in [-0.1, -0.05) is 0 Å². The smallest absolute Gasteiger partial charge is 0.323 e. The van der Waals surface area contributed by atoms with Crippen molar-refractivity contribution in [2.45, 2.75) is 31.3 Å². The molecule has 0 unspecified atom stereocenters. The maximum Gasteiger partial charge on any atom is 0.323 e. The molecule has 0 bridgehead atoms. The van der Waals surface area contributed by atoms with E-state index in [9.17, 15) is 9.59 Å². The minimum absolute atomic E-state index is 0.00409. The first-order chi connectivity index (χ1) is 9.60. The van der Waals surface area contributed by atoms with E-state index < -0.39 is 0 Å². The average Bonchev–Trinajstić information content (AvgIpc) is 3.05. The van der Waals surface area contributed by atoms with E-state index in [1.165, 1.54) is 7.11 Å². The van der Waals surface area contributed by atoms with Crippen molar-refractivity contribution in [2.24, 2.45) is 0 Å². The summed E-state index contributed by atoms with van der Waals surface area (Å²) in [7, 11) is 3.25. The fourth-order valence-electron chi connectivity index (χ4n) is 2.72. The molecular weight excluding hydrogens is 262 g/mol. The third-order valence-electron chi connectivity index (χ3n) is 3.80. The second kappa shape index (κ2) is 7.01. The zero-order valence-electron chi connectivity index (χ0n) is 12.1. The van der Waals surface area contributed by atoms with Gasteiger partial charge in [-0.15, -0.1) is 0 Å². The second-order valence-corrected chi connectivity index (χ2v) is 5.34. The Morgan fingerprint density at radius 3 is 2.90 bits per heavy atom. The van der Waals surface area contributed by atoms with E-state index in [4.69, 9.17) is 9.57 Å². The number of hydroxylamine groups is 2. The summed E-state index contributed by atoms with van der Waals surface area (Å²) in [6, 6.07) is -0.247. The van der Waals surface area contributed by atoms with Crippen molar-refractivity contribution in [1.82, 2.24) is 15.3 Å². The van der Waals surface area contributed by atoms with Crippen LogP contribution in [0, 0.1) is 0 Å². The van der Waals surface area contributed by atoms with Crippen molar-refractivity contribution in [2.75, 3.05) is 40.4 Å². The Balaban J connectivity index is 1.70. The monoisotopic (exact) mass is 285 g/mol. The maximum atomic E-state index is 11.9. The molecule has 114 valence electrons. The summed E-state index contributed by atoms with van der Waals surface area (Å²) in [5, 5.41) is 4.80. The van der Waals surface area contributed by atoms with Crippen LogP contribution < -0.4 is 5.32 Å². The highest BCUT2D eigenvalue weighted by atomic mass is 16.7. The molecule has 0 aromatic rings. The number of hydrogen-bond donors (Lipinski definition) is 1. The molecule has 1 N–H and O–H groups in total. The molecule has 0 saturated carbocycles. The van der Waals surface area contributed by atoms with Crippen LogP contribution in [0.3, 0.4) is 0 Å². The third kappa shape index (κ3) is 3.91. The molecule has 0 radical (unpaired) electrons. The van der Waals surface area contributed by atoms with E-state index in [2.05, 4.69) is 5.32 Å². The molecule has 0 aliphatic carbocycles. The van der Waals surface area contributed by atoms with E-state index in [0.29, 0.717) is 25.9 Å². The Bertz CT molecular complexity index is 358. The first-order valence-electron chi connectivity index (χ1n) is 7.05. The molecule has 2 saturated heterocycles. The molecule has 2 aliphatic rings. The van der Waals surface area contributed by atoms with Crippen LogP contribution in [0.5, 0.6) is 0 Å². The molecule has 20 heavy (non-hydrogen) atoms. The lowest BCUT2D eigenvalue weighted by Crippen LogP contribution is -2.38. The Morgan fingerprint density at radius 1 is 1.45 bits per heavy atom. The number of rotatable bonds is 5. The van der Waals surface area contributed by atoms with Crippen LogP contribution in [0.1, 0.15) is 19.3 Å². The van der Waals surface area contributed by atoms with Crippen LogP contribution in [0.4, 0.5) is 0 Å². The molecule has 2 atom stereocenters. The second-order valence-electron chi connectivity index (χ2n) is 5.34. The first kappa shape index (κ1) is 15.2. The lowest BCUT2D eigenvalue weighted by Gasteiger charge is -2.16. The number of likely N-dealkylation sites (N-methyl/N-ethyl adjacent to an activating group) is 1. The summed E-state index contributed by atoms with van der Waals surface area (Å²) in [6.45, 7) is 2.93. The number of carbonyl (C=O) groups excluding carboxylic acids is 2. The zero-order chi connectivity index (χ0) is 14.5. The highest BCUT2D eigenvalue weighted by Crippen LogP contribution is 2.17. The van der Waals surface area contributed by atoms with Crippen LogP contribution in [-0.4, -0.2) is 74.3 Å². The number of likely N-dealkylation sites (tertiary alicyclic amines) is 1. The largest absolute Gasteiger partial charge is 0.468 e. The van der Waals surface area contributed by atoms with E-state index in [-0.39, 0.29) is 24.0 Å². The van der Waals surface area contributed by atoms with E-state index >= 15 is 0 Å². The van der Waals surface area contributed by atoms with Gasteiger partial charge < -0.3 is 10.1 Å². The van der Waals surface area contributed by atoms with E-state index in [1.54, 1.807) is 0 Å². The predicted molar refractivity (Wildman–Crippen MR) is 71.7 cm³/mol. The van der Waals surface area contributed by atoms with E-state index in [1.807, 2.05) is 17.0 Å². The topological polar surface area (TPSA) is 71.1 Å². The molecular formula is C13H23N3O4. The van der Waals surface area contributed by atoms with Crippen LogP contribution in [-0.2, 0) is 19.2 Å². The molecule has 2 rings (SSSR count). The fraction of sp³-hybridized carbons (Fsp3) is 0.846. The van der Waals surface area contributed by atoms with Crippen molar-refractivity contribution in [3.8, 4) is 0 Å². The lowest BCUT2D eigenvalue weighted by atomic mass is 10.1. The molecule has 2 fully saturated rings.